The molecule has 1 aromatic carbocycles. The van der Waals surface area contributed by atoms with Crippen LogP contribution >= 0.6 is 0 Å². The van der Waals surface area contributed by atoms with Gasteiger partial charge in [-0.15, -0.1) is 0 Å². The standard InChI is InChI=1S/C15H23NO2/c1-11(2)7-8-16(10-15(17)18)14-6-5-12(3)9-13(14)4/h5-6,9,11H,7-8,10H2,1-4H3,(H,17,18). The van der Waals surface area contributed by atoms with Crippen molar-refractivity contribution in [3.63, 3.8) is 0 Å². The Hall–Kier alpha value is -1.51. The van der Waals surface area contributed by atoms with Gasteiger partial charge in [-0.05, 0) is 37.8 Å². The average molecular weight is 249 g/mol. The Bertz CT molecular complexity index is 413. The van der Waals surface area contributed by atoms with Crippen LogP contribution in [0.25, 0.3) is 0 Å². The lowest BCUT2D eigenvalue weighted by molar-refractivity contribution is -0.135. The van der Waals surface area contributed by atoms with E-state index in [1.165, 1.54) is 5.56 Å². The topological polar surface area (TPSA) is 40.5 Å². The van der Waals surface area contributed by atoms with Gasteiger partial charge in [-0.2, -0.15) is 0 Å². The number of carboxylic acids is 1. The number of aliphatic carboxylic acids is 1. The summed E-state index contributed by atoms with van der Waals surface area (Å²) in [5.41, 5.74) is 3.37. The molecule has 3 heteroatoms. The predicted molar refractivity (Wildman–Crippen MR) is 75.2 cm³/mol. The van der Waals surface area contributed by atoms with Crippen molar-refractivity contribution < 1.29 is 9.90 Å². The second kappa shape index (κ2) is 6.43. The number of nitrogens with zero attached hydrogens (tertiary/aromatic N) is 1. The number of aryl methyl sites for hydroxylation is 2. The maximum absolute atomic E-state index is 11.0. The highest BCUT2D eigenvalue weighted by Crippen LogP contribution is 2.22. The van der Waals surface area contributed by atoms with E-state index in [1.54, 1.807) is 0 Å². The molecule has 0 radical (unpaired) electrons. The van der Waals surface area contributed by atoms with Gasteiger partial charge in [0, 0.05) is 12.2 Å². The number of carbonyl (C=O) groups is 1. The summed E-state index contributed by atoms with van der Waals surface area (Å²) in [6, 6.07) is 6.15. The van der Waals surface area contributed by atoms with E-state index in [4.69, 9.17) is 5.11 Å². The third-order valence-corrected chi connectivity index (χ3v) is 3.00. The molecule has 0 atom stereocenters. The van der Waals surface area contributed by atoms with Crippen molar-refractivity contribution >= 4 is 11.7 Å². The van der Waals surface area contributed by atoms with Crippen LogP contribution in [0.1, 0.15) is 31.4 Å². The average Bonchev–Trinajstić information content (AvgIpc) is 2.24. The zero-order chi connectivity index (χ0) is 13.7. The van der Waals surface area contributed by atoms with Gasteiger partial charge >= 0.3 is 5.97 Å². The van der Waals surface area contributed by atoms with Crippen LogP contribution in [0.4, 0.5) is 5.69 Å². The molecule has 0 saturated carbocycles. The molecule has 0 aliphatic heterocycles. The first kappa shape index (κ1) is 14.6. The van der Waals surface area contributed by atoms with Gasteiger partial charge in [-0.25, -0.2) is 0 Å². The van der Waals surface area contributed by atoms with Crippen molar-refractivity contribution in [3.8, 4) is 0 Å². The van der Waals surface area contributed by atoms with Crippen molar-refractivity contribution in [1.82, 2.24) is 0 Å². The highest BCUT2D eigenvalue weighted by Gasteiger charge is 2.13. The van der Waals surface area contributed by atoms with Crippen molar-refractivity contribution in [2.75, 3.05) is 18.0 Å². The molecule has 0 aromatic heterocycles. The Labute approximate surface area is 109 Å². The Morgan fingerprint density at radius 2 is 2.00 bits per heavy atom. The Morgan fingerprint density at radius 1 is 1.33 bits per heavy atom. The minimum Gasteiger partial charge on any atom is -0.480 e. The second-order valence-corrected chi connectivity index (χ2v) is 5.29. The quantitative estimate of drug-likeness (QED) is 0.841. The smallest absolute Gasteiger partial charge is 0.323 e. The first-order valence-corrected chi connectivity index (χ1v) is 6.44. The van der Waals surface area contributed by atoms with E-state index in [0.29, 0.717) is 5.92 Å². The molecule has 100 valence electrons. The summed E-state index contributed by atoms with van der Waals surface area (Å²) in [6.07, 6.45) is 1.00. The predicted octanol–water partition coefficient (Wildman–Crippen LogP) is 3.24. The monoisotopic (exact) mass is 249 g/mol. The van der Waals surface area contributed by atoms with E-state index in [2.05, 4.69) is 19.9 Å². The summed E-state index contributed by atoms with van der Waals surface area (Å²) < 4.78 is 0. The van der Waals surface area contributed by atoms with Crippen LogP contribution in [0.15, 0.2) is 18.2 Å². The fourth-order valence-electron chi connectivity index (χ4n) is 2.02. The number of hydrogen-bond acceptors (Lipinski definition) is 2. The lowest BCUT2D eigenvalue weighted by Gasteiger charge is -2.25. The molecule has 3 nitrogen and oxygen atoms in total. The molecule has 0 fully saturated rings. The molecule has 0 saturated heterocycles. The fourth-order valence-corrected chi connectivity index (χ4v) is 2.02. The van der Waals surface area contributed by atoms with Gasteiger partial charge in [0.05, 0.1) is 0 Å². The number of rotatable bonds is 6. The Kier molecular flexibility index (Phi) is 5.20. The minimum atomic E-state index is -0.779. The van der Waals surface area contributed by atoms with E-state index in [-0.39, 0.29) is 6.54 Å². The summed E-state index contributed by atoms with van der Waals surface area (Å²) in [4.78, 5) is 12.9. The van der Waals surface area contributed by atoms with Crippen LogP contribution in [-0.2, 0) is 4.79 Å². The van der Waals surface area contributed by atoms with E-state index < -0.39 is 5.97 Å². The molecular weight excluding hydrogens is 226 g/mol. The van der Waals surface area contributed by atoms with E-state index in [1.807, 2.05) is 30.9 Å². The van der Waals surface area contributed by atoms with Gasteiger partial charge in [0.2, 0.25) is 0 Å². The molecule has 1 N–H and O–H groups in total. The van der Waals surface area contributed by atoms with E-state index >= 15 is 0 Å². The lowest BCUT2D eigenvalue weighted by atomic mass is 10.1. The zero-order valence-electron chi connectivity index (χ0n) is 11.7. The third-order valence-electron chi connectivity index (χ3n) is 3.00. The van der Waals surface area contributed by atoms with Crippen LogP contribution in [0.3, 0.4) is 0 Å². The first-order valence-electron chi connectivity index (χ1n) is 6.44. The molecule has 0 spiro atoms. The summed E-state index contributed by atoms with van der Waals surface area (Å²) in [5, 5.41) is 9.01. The molecule has 0 aliphatic rings. The molecule has 0 bridgehead atoms. The minimum absolute atomic E-state index is 0.0661. The molecule has 0 aliphatic carbocycles. The van der Waals surface area contributed by atoms with Crippen LogP contribution < -0.4 is 4.90 Å². The molecule has 1 aromatic rings. The third kappa shape index (κ3) is 4.40. The zero-order valence-corrected chi connectivity index (χ0v) is 11.7. The van der Waals surface area contributed by atoms with E-state index in [9.17, 15) is 4.79 Å². The van der Waals surface area contributed by atoms with Crippen LogP contribution in [0.2, 0.25) is 0 Å². The summed E-state index contributed by atoms with van der Waals surface area (Å²) in [5.74, 6) is -0.203. The number of hydrogen-bond donors (Lipinski definition) is 1. The van der Waals surface area contributed by atoms with Crippen molar-refractivity contribution in [1.29, 1.82) is 0 Å². The molecule has 0 amide bonds. The molecular formula is C15H23NO2. The van der Waals surface area contributed by atoms with Gasteiger partial charge in [0.1, 0.15) is 6.54 Å². The SMILES string of the molecule is Cc1ccc(N(CCC(C)C)CC(=O)O)c(C)c1. The summed E-state index contributed by atoms with van der Waals surface area (Å²) in [7, 11) is 0. The largest absolute Gasteiger partial charge is 0.480 e. The highest BCUT2D eigenvalue weighted by atomic mass is 16.4. The molecule has 0 unspecified atom stereocenters. The highest BCUT2D eigenvalue weighted by molar-refractivity contribution is 5.74. The van der Waals surface area contributed by atoms with Gasteiger partial charge in [0.15, 0.2) is 0 Å². The normalized spacial score (nSPS) is 10.7. The van der Waals surface area contributed by atoms with E-state index in [0.717, 1.165) is 24.2 Å². The van der Waals surface area contributed by atoms with Crippen molar-refractivity contribution in [2.24, 2.45) is 5.92 Å². The van der Waals surface area contributed by atoms with Crippen LogP contribution in [-0.4, -0.2) is 24.2 Å². The molecule has 0 heterocycles. The Morgan fingerprint density at radius 3 is 2.50 bits per heavy atom. The second-order valence-electron chi connectivity index (χ2n) is 5.29. The maximum atomic E-state index is 11.0. The van der Waals surface area contributed by atoms with Gasteiger partial charge in [-0.1, -0.05) is 31.5 Å². The molecule has 18 heavy (non-hydrogen) atoms. The number of anilines is 1. The summed E-state index contributed by atoms with van der Waals surface area (Å²) >= 11 is 0. The van der Waals surface area contributed by atoms with Gasteiger partial charge < -0.3 is 10.0 Å². The fraction of sp³-hybridized carbons (Fsp3) is 0.533. The van der Waals surface area contributed by atoms with Crippen molar-refractivity contribution in [3.05, 3.63) is 29.3 Å². The number of carboxylic acid groups (broad SMARTS) is 1. The lowest BCUT2D eigenvalue weighted by Crippen LogP contribution is -2.31. The summed E-state index contributed by atoms with van der Waals surface area (Å²) in [6.45, 7) is 9.24. The van der Waals surface area contributed by atoms with Crippen molar-refractivity contribution in [2.45, 2.75) is 34.1 Å². The number of benzene rings is 1. The molecule has 1 rings (SSSR count). The van der Waals surface area contributed by atoms with Gasteiger partial charge in [-0.3, -0.25) is 4.79 Å². The Balaban J connectivity index is 2.89. The maximum Gasteiger partial charge on any atom is 0.323 e. The van der Waals surface area contributed by atoms with Crippen LogP contribution in [0.5, 0.6) is 0 Å². The van der Waals surface area contributed by atoms with Crippen LogP contribution in [0, 0.1) is 19.8 Å². The van der Waals surface area contributed by atoms with Gasteiger partial charge in [0.25, 0.3) is 0 Å². The first-order chi connectivity index (χ1) is 8.40.